The number of hydrogen-bond donors (Lipinski definition) is 1. The van der Waals surface area contributed by atoms with Crippen molar-refractivity contribution in [1.82, 2.24) is 4.90 Å². The van der Waals surface area contributed by atoms with Gasteiger partial charge in [0.1, 0.15) is 6.04 Å². The molecule has 38 heavy (non-hydrogen) atoms. The van der Waals surface area contributed by atoms with Gasteiger partial charge in [0.25, 0.3) is 5.91 Å². The number of aliphatic hydroxyl groups is 1. The normalized spacial score (nSPS) is 29.3. The molecular formula is C30H40N2O5S. The highest BCUT2D eigenvalue weighted by Gasteiger charge is 2.77. The summed E-state index contributed by atoms with van der Waals surface area (Å²) >= 11 is 1.63. The molecule has 3 fully saturated rings. The second kappa shape index (κ2) is 11.3. The minimum absolute atomic E-state index is 0.0880. The van der Waals surface area contributed by atoms with Gasteiger partial charge in [-0.2, -0.15) is 0 Å². The highest BCUT2D eigenvalue weighted by atomic mass is 32.2. The van der Waals surface area contributed by atoms with Crippen LogP contribution in [0.4, 0.5) is 5.69 Å². The maximum Gasteiger partial charge on any atom is 0.311 e. The number of anilines is 1. The predicted octanol–water partition coefficient (Wildman–Crippen LogP) is 4.20. The molecule has 206 valence electrons. The van der Waals surface area contributed by atoms with E-state index in [0.29, 0.717) is 25.8 Å². The van der Waals surface area contributed by atoms with Crippen LogP contribution < -0.4 is 4.90 Å². The Bertz CT molecular complexity index is 1100. The van der Waals surface area contributed by atoms with E-state index >= 15 is 0 Å². The van der Waals surface area contributed by atoms with E-state index in [2.05, 4.69) is 13.2 Å². The van der Waals surface area contributed by atoms with E-state index in [1.165, 1.54) is 0 Å². The molecule has 2 bridgehead atoms. The summed E-state index contributed by atoms with van der Waals surface area (Å²) in [6.07, 6.45) is 6.70. The number of fused-ring (bicyclic) bond motifs is 1. The smallest absolute Gasteiger partial charge is 0.311 e. The summed E-state index contributed by atoms with van der Waals surface area (Å²) in [5.74, 6) is -1.93. The minimum atomic E-state index is -0.740. The number of esters is 1. The number of carbonyl (C=O) groups is 3. The largest absolute Gasteiger partial charge is 0.465 e. The van der Waals surface area contributed by atoms with Gasteiger partial charge in [0.15, 0.2) is 0 Å². The van der Waals surface area contributed by atoms with Gasteiger partial charge in [-0.3, -0.25) is 14.4 Å². The van der Waals surface area contributed by atoms with Crippen molar-refractivity contribution < 1.29 is 24.2 Å². The summed E-state index contributed by atoms with van der Waals surface area (Å²) in [6.45, 7) is 14.4. The molecule has 1 aromatic carbocycles. The van der Waals surface area contributed by atoms with Crippen LogP contribution in [0.2, 0.25) is 0 Å². The number of aliphatic hydroxyl groups excluding tert-OH is 1. The van der Waals surface area contributed by atoms with E-state index in [0.717, 1.165) is 29.7 Å². The molecule has 5 atom stereocenters. The lowest BCUT2D eigenvalue weighted by Crippen LogP contribution is -2.55. The molecule has 4 rings (SSSR count). The van der Waals surface area contributed by atoms with Crippen LogP contribution in [0.15, 0.2) is 43.5 Å². The quantitative estimate of drug-likeness (QED) is 0.243. The second-order valence-corrected chi connectivity index (χ2v) is 12.8. The lowest BCUT2D eigenvalue weighted by Gasteiger charge is -2.38. The highest BCUT2D eigenvalue weighted by molar-refractivity contribution is 8.02. The van der Waals surface area contributed by atoms with E-state index in [1.807, 2.05) is 39.0 Å². The Labute approximate surface area is 230 Å². The van der Waals surface area contributed by atoms with Crippen molar-refractivity contribution in [3.63, 3.8) is 0 Å². The molecule has 3 heterocycles. The first-order chi connectivity index (χ1) is 18.2. The fraction of sp³-hybridized carbons (Fsp3) is 0.567. The zero-order valence-corrected chi connectivity index (χ0v) is 23.6. The lowest BCUT2D eigenvalue weighted by atomic mass is 9.66. The Morgan fingerprint density at radius 3 is 2.55 bits per heavy atom. The molecule has 1 aromatic rings. The molecule has 8 heteroatoms. The van der Waals surface area contributed by atoms with Gasteiger partial charge in [0.2, 0.25) is 5.91 Å². The van der Waals surface area contributed by atoms with Crippen LogP contribution >= 0.6 is 11.8 Å². The number of aryl methyl sites for hydroxylation is 2. The molecule has 2 amide bonds. The van der Waals surface area contributed by atoms with Crippen molar-refractivity contribution in [2.75, 3.05) is 31.2 Å². The van der Waals surface area contributed by atoms with Crippen LogP contribution in [0.1, 0.15) is 50.2 Å². The van der Waals surface area contributed by atoms with Gasteiger partial charge < -0.3 is 19.6 Å². The summed E-state index contributed by atoms with van der Waals surface area (Å²) in [4.78, 5) is 45.5. The molecule has 0 saturated carbocycles. The number of likely N-dealkylation sites (tertiary alicyclic amines) is 1. The molecule has 7 nitrogen and oxygen atoms in total. The van der Waals surface area contributed by atoms with Gasteiger partial charge in [-0.05, 0) is 64.0 Å². The number of para-hydroxylation sites is 1. The van der Waals surface area contributed by atoms with Crippen LogP contribution in [-0.4, -0.2) is 69.6 Å². The number of ether oxygens (including phenoxy) is 1. The van der Waals surface area contributed by atoms with Gasteiger partial charge in [-0.25, -0.2) is 0 Å². The van der Waals surface area contributed by atoms with Crippen LogP contribution in [-0.2, 0) is 19.1 Å². The van der Waals surface area contributed by atoms with E-state index in [1.54, 1.807) is 33.7 Å². The Morgan fingerprint density at radius 2 is 1.92 bits per heavy atom. The van der Waals surface area contributed by atoms with Gasteiger partial charge in [0.05, 0.1) is 23.2 Å². The minimum Gasteiger partial charge on any atom is -0.465 e. The maximum absolute atomic E-state index is 14.6. The first-order valence-electron chi connectivity index (χ1n) is 13.5. The molecule has 3 aliphatic heterocycles. The highest BCUT2D eigenvalue weighted by Crippen LogP contribution is 2.71. The van der Waals surface area contributed by atoms with E-state index in [-0.39, 0.29) is 37.5 Å². The number of benzene rings is 1. The number of nitrogens with zero attached hydrogens (tertiary/aromatic N) is 2. The third kappa shape index (κ3) is 4.60. The number of thioether (sulfide) groups is 1. The summed E-state index contributed by atoms with van der Waals surface area (Å²) in [7, 11) is 0. The van der Waals surface area contributed by atoms with Crippen LogP contribution in [0.3, 0.4) is 0 Å². The monoisotopic (exact) mass is 540 g/mol. The first kappa shape index (κ1) is 28.4. The number of amides is 2. The number of unbranched alkanes of at least 4 members (excludes halogenated alkanes) is 1. The van der Waals surface area contributed by atoms with Gasteiger partial charge in [-0.15, -0.1) is 24.9 Å². The molecule has 0 aliphatic carbocycles. The lowest BCUT2D eigenvalue weighted by molar-refractivity contribution is -0.155. The van der Waals surface area contributed by atoms with Crippen molar-refractivity contribution in [1.29, 1.82) is 0 Å². The fourth-order valence-corrected chi connectivity index (χ4v) is 9.17. The predicted molar refractivity (Wildman–Crippen MR) is 151 cm³/mol. The first-order valence-corrected chi connectivity index (χ1v) is 14.4. The summed E-state index contributed by atoms with van der Waals surface area (Å²) in [5.41, 5.74) is 2.77. The molecule has 1 spiro atoms. The Hall–Kier alpha value is -2.58. The summed E-state index contributed by atoms with van der Waals surface area (Å²) in [6, 6.07) is 5.18. The Morgan fingerprint density at radius 1 is 1.21 bits per heavy atom. The SMILES string of the molecule is C=CCCCOC(=O)[C@H]1[C@H]2C(=O)N(CCCO)C(C(=O)N(CC=C)c3c(C)cccc3C)C23CC[C@]1(C)S3. The zero-order chi connectivity index (χ0) is 27.7. The average molecular weight is 541 g/mol. The Balaban J connectivity index is 1.75. The zero-order valence-electron chi connectivity index (χ0n) is 22.8. The molecule has 0 radical (unpaired) electrons. The van der Waals surface area contributed by atoms with Crippen LogP contribution in [0.5, 0.6) is 0 Å². The van der Waals surface area contributed by atoms with Gasteiger partial charge in [-0.1, -0.05) is 30.4 Å². The standard InChI is InChI=1S/C30H40N2O5S/c1-6-8-9-19-37-28(36)23-22-26(34)32(17-11-18-33)25(30(22)15-14-29(23,5)38-30)27(35)31(16-7-2)24-20(3)12-10-13-21(24)4/h6-7,10,12-13,22-23,25,33H,1-2,8-9,11,14-19H2,3-5H3/t22-,23+,25?,29-,30?/m0/s1. The van der Waals surface area contributed by atoms with Gasteiger partial charge in [0, 0.05) is 30.1 Å². The van der Waals surface area contributed by atoms with Crippen LogP contribution in [0.25, 0.3) is 0 Å². The number of carbonyl (C=O) groups excluding carboxylic acids is 3. The fourth-order valence-electron chi connectivity index (χ4n) is 6.83. The molecule has 3 saturated heterocycles. The third-order valence-electron chi connectivity index (χ3n) is 8.41. The second-order valence-electron chi connectivity index (χ2n) is 10.9. The van der Waals surface area contributed by atoms with Crippen molar-refractivity contribution >= 4 is 35.2 Å². The third-order valence-corrected chi connectivity index (χ3v) is 10.4. The van der Waals surface area contributed by atoms with E-state index < -0.39 is 27.4 Å². The maximum atomic E-state index is 14.6. The van der Waals surface area contributed by atoms with Gasteiger partial charge >= 0.3 is 5.97 Å². The van der Waals surface area contributed by atoms with Crippen molar-refractivity contribution in [2.24, 2.45) is 11.8 Å². The molecule has 0 aromatic heterocycles. The van der Waals surface area contributed by atoms with Crippen molar-refractivity contribution in [3.05, 3.63) is 54.6 Å². The molecule has 2 unspecified atom stereocenters. The molecule has 1 N–H and O–H groups in total. The number of hydrogen-bond acceptors (Lipinski definition) is 6. The van der Waals surface area contributed by atoms with Crippen molar-refractivity contribution in [3.8, 4) is 0 Å². The molecule has 3 aliphatic rings. The summed E-state index contributed by atoms with van der Waals surface area (Å²) in [5, 5.41) is 9.60. The average Bonchev–Trinajstić information content (AvgIpc) is 3.44. The number of allylic oxidation sites excluding steroid dienone is 1. The topological polar surface area (TPSA) is 87.1 Å². The van der Waals surface area contributed by atoms with E-state index in [9.17, 15) is 19.5 Å². The number of rotatable bonds is 12. The summed E-state index contributed by atoms with van der Waals surface area (Å²) < 4.78 is 4.48. The van der Waals surface area contributed by atoms with Crippen LogP contribution in [0, 0.1) is 25.7 Å². The van der Waals surface area contributed by atoms with Crippen molar-refractivity contribution in [2.45, 2.75) is 68.4 Å². The molecular weight excluding hydrogens is 500 g/mol. The van der Waals surface area contributed by atoms with E-state index in [4.69, 9.17) is 4.74 Å². The Kier molecular flexibility index (Phi) is 8.43.